The number of rotatable bonds is 0. The number of hydrogen-bond donors (Lipinski definition) is 0. The normalized spacial score (nSPS) is 35.1. The van der Waals surface area contributed by atoms with E-state index in [0.29, 0.717) is 6.61 Å². The molecular weight excluding hydrogens is 248 g/mol. The number of carbonyl (C=O) groups is 1. The molecule has 3 aliphatic rings. The minimum Gasteiger partial charge on any atom is -0.462 e. The van der Waals surface area contributed by atoms with Crippen molar-refractivity contribution in [2.75, 3.05) is 6.61 Å². The van der Waals surface area contributed by atoms with E-state index in [4.69, 9.17) is 0 Å². The van der Waals surface area contributed by atoms with Gasteiger partial charge in [0.15, 0.2) is 0 Å². The Morgan fingerprint density at radius 3 is 2.65 bits per heavy atom. The summed E-state index contributed by atoms with van der Waals surface area (Å²) in [7, 11) is 0. The lowest BCUT2D eigenvalue weighted by Crippen LogP contribution is -2.29. The van der Waals surface area contributed by atoms with Gasteiger partial charge >= 0.3 is 5.97 Å². The Labute approximate surface area is 123 Å². The van der Waals surface area contributed by atoms with E-state index in [-0.39, 0.29) is 5.97 Å². The van der Waals surface area contributed by atoms with Crippen LogP contribution in [0.25, 0.3) is 0 Å². The second kappa shape index (κ2) is 7.10. The monoisotopic (exact) mass is 276 g/mol. The number of carbonyl (C=O) groups excluding carboxylic acids is 1. The maximum Gasteiger partial charge on any atom is 0.333 e. The van der Waals surface area contributed by atoms with Crippen molar-refractivity contribution >= 4 is 5.97 Å². The molecule has 20 heavy (non-hydrogen) atoms. The maximum atomic E-state index is 10.5. The molecule has 0 aromatic carbocycles. The predicted octanol–water partition coefficient (Wildman–Crippen LogP) is 4.66. The summed E-state index contributed by atoms with van der Waals surface area (Å²) in [6, 6.07) is 0. The maximum absolute atomic E-state index is 10.5. The molecule has 0 N–H and O–H groups in total. The first kappa shape index (κ1) is 15.3. The zero-order chi connectivity index (χ0) is 14.5. The van der Waals surface area contributed by atoms with Gasteiger partial charge in [0, 0.05) is 12.0 Å². The molecule has 2 nitrogen and oxygen atoms in total. The van der Waals surface area contributed by atoms with Crippen LogP contribution >= 0.6 is 0 Å². The van der Waals surface area contributed by atoms with Crippen LogP contribution in [0.2, 0.25) is 0 Å². The van der Waals surface area contributed by atoms with Crippen LogP contribution in [0, 0.1) is 17.8 Å². The molecule has 3 unspecified atom stereocenters. The number of allylic oxidation sites excluding steroid dienone is 2. The molecule has 0 aromatic heterocycles. The molecule has 3 fully saturated rings. The van der Waals surface area contributed by atoms with Gasteiger partial charge in [-0.05, 0) is 50.4 Å². The molecule has 112 valence electrons. The van der Waals surface area contributed by atoms with E-state index in [2.05, 4.69) is 18.2 Å². The smallest absolute Gasteiger partial charge is 0.333 e. The highest BCUT2D eigenvalue weighted by molar-refractivity contribution is 5.90. The van der Waals surface area contributed by atoms with Crippen LogP contribution in [0.3, 0.4) is 0 Å². The molecule has 0 amide bonds. The highest BCUT2D eigenvalue weighted by Gasteiger charge is 2.33. The molecular formula is C18H28O2. The van der Waals surface area contributed by atoms with Crippen molar-refractivity contribution < 1.29 is 9.53 Å². The molecule has 1 heterocycles. The first-order valence-electron chi connectivity index (χ1n) is 8.10. The number of ether oxygens (including phenoxy) is 1. The summed E-state index contributed by atoms with van der Waals surface area (Å²) in [6.45, 7) is 9.00. The zero-order valence-corrected chi connectivity index (χ0v) is 13.0. The van der Waals surface area contributed by atoms with Gasteiger partial charge in [0.05, 0.1) is 6.61 Å². The Bertz CT molecular complexity index is 394. The third-order valence-corrected chi connectivity index (χ3v) is 5.17. The Balaban J connectivity index is 0.000000160. The Morgan fingerprint density at radius 1 is 1.25 bits per heavy atom. The van der Waals surface area contributed by atoms with E-state index < -0.39 is 0 Å². The topological polar surface area (TPSA) is 26.3 Å². The van der Waals surface area contributed by atoms with E-state index in [1.165, 1.54) is 44.1 Å². The number of esters is 1. The summed E-state index contributed by atoms with van der Waals surface area (Å²) in [4.78, 5) is 10.5. The van der Waals surface area contributed by atoms with Crippen LogP contribution in [0.15, 0.2) is 23.8 Å². The van der Waals surface area contributed by atoms with Crippen molar-refractivity contribution in [3.05, 3.63) is 23.8 Å². The summed E-state index contributed by atoms with van der Waals surface area (Å²) in [6.07, 6.45) is 11.1. The molecule has 2 heteroatoms. The van der Waals surface area contributed by atoms with Gasteiger partial charge in [-0.3, -0.25) is 0 Å². The van der Waals surface area contributed by atoms with Gasteiger partial charge in [-0.1, -0.05) is 38.0 Å². The largest absolute Gasteiger partial charge is 0.462 e. The number of fused-ring (bicyclic) bond motifs is 1. The molecule has 1 saturated heterocycles. The second-order valence-electron chi connectivity index (χ2n) is 6.52. The van der Waals surface area contributed by atoms with Gasteiger partial charge in [-0.15, -0.1) is 0 Å². The van der Waals surface area contributed by atoms with Crippen LogP contribution < -0.4 is 0 Å². The quantitative estimate of drug-likeness (QED) is 0.365. The van der Waals surface area contributed by atoms with E-state index in [1.54, 1.807) is 6.08 Å². The van der Waals surface area contributed by atoms with Crippen LogP contribution in [0.1, 0.15) is 58.8 Å². The van der Waals surface area contributed by atoms with Crippen LogP contribution in [-0.4, -0.2) is 12.6 Å². The number of hydrogen-bond acceptors (Lipinski definition) is 2. The summed E-state index contributed by atoms with van der Waals surface area (Å²) in [5.74, 6) is 2.91. The fraction of sp³-hybridized carbons (Fsp3) is 0.722. The van der Waals surface area contributed by atoms with Crippen molar-refractivity contribution in [3.8, 4) is 0 Å². The van der Waals surface area contributed by atoms with E-state index in [9.17, 15) is 4.79 Å². The zero-order valence-electron chi connectivity index (χ0n) is 13.0. The van der Waals surface area contributed by atoms with E-state index in [0.717, 1.165) is 29.7 Å². The van der Waals surface area contributed by atoms with E-state index in [1.807, 2.05) is 6.92 Å². The van der Waals surface area contributed by atoms with Crippen molar-refractivity contribution in [3.63, 3.8) is 0 Å². The Hall–Kier alpha value is -1.05. The first-order valence-corrected chi connectivity index (χ1v) is 8.10. The lowest BCUT2D eigenvalue weighted by molar-refractivity contribution is -0.135. The second-order valence-corrected chi connectivity index (χ2v) is 6.52. The molecule has 0 aromatic rings. The van der Waals surface area contributed by atoms with E-state index >= 15 is 0 Å². The van der Waals surface area contributed by atoms with Crippen molar-refractivity contribution in [1.82, 2.24) is 0 Å². The fourth-order valence-corrected chi connectivity index (χ4v) is 3.92. The first-order chi connectivity index (χ1) is 9.61. The summed E-state index contributed by atoms with van der Waals surface area (Å²) < 4.78 is 4.65. The molecule has 0 spiro atoms. The molecule has 2 saturated carbocycles. The highest BCUT2D eigenvalue weighted by Crippen LogP contribution is 2.44. The third-order valence-electron chi connectivity index (χ3n) is 5.17. The molecule has 0 bridgehead atoms. The molecule has 3 rings (SSSR count). The lowest BCUT2D eigenvalue weighted by Gasteiger charge is -2.40. The lowest BCUT2D eigenvalue weighted by atomic mass is 9.65. The van der Waals surface area contributed by atoms with Gasteiger partial charge in [0.1, 0.15) is 0 Å². The van der Waals surface area contributed by atoms with Gasteiger partial charge in [0.2, 0.25) is 0 Å². The Morgan fingerprint density at radius 2 is 2.05 bits per heavy atom. The molecule has 0 radical (unpaired) electrons. The third kappa shape index (κ3) is 3.74. The summed E-state index contributed by atoms with van der Waals surface area (Å²) in [5.41, 5.74) is 2.33. The van der Waals surface area contributed by atoms with Gasteiger partial charge in [0.25, 0.3) is 0 Å². The van der Waals surface area contributed by atoms with Gasteiger partial charge in [-0.25, -0.2) is 4.79 Å². The van der Waals surface area contributed by atoms with Crippen LogP contribution in [0.5, 0.6) is 0 Å². The minimum atomic E-state index is -0.146. The van der Waals surface area contributed by atoms with Crippen LogP contribution in [-0.2, 0) is 9.53 Å². The van der Waals surface area contributed by atoms with Crippen molar-refractivity contribution in [2.45, 2.75) is 58.8 Å². The molecule has 3 atom stereocenters. The SMILES string of the molecule is C/C=C1\CCOC1=O.C=C1CCC2C(C)CCCC2C1. The molecule has 2 aliphatic carbocycles. The minimum absolute atomic E-state index is 0.146. The summed E-state index contributed by atoms with van der Waals surface area (Å²) >= 11 is 0. The highest BCUT2D eigenvalue weighted by atomic mass is 16.5. The average Bonchev–Trinajstić information content (AvgIpc) is 2.85. The van der Waals surface area contributed by atoms with Gasteiger partial charge < -0.3 is 4.74 Å². The standard InChI is InChI=1S/C12H20.C6H8O2/c1-9-6-7-12-10(2)4-3-5-11(12)8-9;1-2-5-3-4-8-6(5)7/h10-12H,1,3-8H2,2H3;2H,3-4H2,1H3/b;5-2+. The average molecular weight is 276 g/mol. The molecule has 1 aliphatic heterocycles. The number of cyclic esters (lactones) is 1. The van der Waals surface area contributed by atoms with Gasteiger partial charge in [-0.2, -0.15) is 0 Å². The van der Waals surface area contributed by atoms with Crippen molar-refractivity contribution in [2.24, 2.45) is 17.8 Å². The van der Waals surface area contributed by atoms with Crippen molar-refractivity contribution in [1.29, 1.82) is 0 Å². The Kier molecular flexibility index (Phi) is 5.45. The predicted molar refractivity (Wildman–Crippen MR) is 82.3 cm³/mol. The van der Waals surface area contributed by atoms with Crippen LogP contribution in [0.4, 0.5) is 0 Å². The fourth-order valence-electron chi connectivity index (χ4n) is 3.92. The summed E-state index contributed by atoms with van der Waals surface area (Å²) in [5, 5.41) is 0.